The van der Waals surface area contributed by atoms with Crippen molar-refractivity contribution in [3.05, 3.63) is 29.1 Å². The minimum absolute atomic E-state index is 0.249. The van der Waals surface area contributed by atoms with Crippen molar-refractivity contribution >= 4 is 5.69 Å². The Balaban J connectivity index is 3.14. The largest absolute Gasteiger partial charge is 0.389 e. The molecule has 0 spiro atoms. The van der Waals surface area contributed by atoms with E-state index in [2.05, 4.69) is 18.7 Å². The molecule has 0 saturated heterocycles. The lowest BCUT2D eigenvalue weighted by Crippen LogP contribution is -2.25. The average molecular weight is 253 g/mol. The van der Waals surface area contributed by atoms with E-state index >= 15 is 0 Å². The first-order chi connectivity index (χ1) is 8.51. The number of aliphatic hydroxyl groups excluding tert-OH is 1. The molecule has 0 aliphatic rings. The third-order valence-electron chi connectivity index (χ3n) is 3.26. The van der Waals surface area contributed by atoms with Crippen LogP contribution >= 0.6 is 0 Å². The van der Waals surface area contributed by atoms with E-state index in [0.717, 1.165) is 31.6 Å². The molecule has 18 heavy (non-hydrogen) atoms. The highest BCUT2D eigenvalue weighted by molar-refractivity contribution is 5.56. The van der Waals surface area contributed by atoms with Gasteiger partial charge >= 0.3 is 0 Å². The zero-order valence-electron chi connectivity index (χ0n) is 11.8. The van der Waals surface area contributed by atoms with Crippen LogP contribution in [-0.4, -0.2) is 18.2 Å². The van der Waals surface area contributed by atoms with Crippen molar-refractivity contribution in [2.24, 2.45) is 0 Å². The second-order valence-corrected chi connectivity index (χ2v) is 4.77. The Bertz CT molecular complexity index is 390. The number of halogens is 1. The van der Waals surface area contributed by atoms with Gasteiger partial charge in [0.25, 0.3) is 0 Å². The van der Waals surface area contributed by atoms with Gasteiger partial charge in [0.05, 0.1) is 6.10 Å². The molecule has 0 radical (unpaired) electrons. The summed E-state index contributed by atoms with van der Waals surface area (Å²) < 4.78 is 13.6. The van der Waals surface area contributed by atoms with Crippen molar-refractivity contribution in [2.75, 3.05) is 18.0 Å². The summed E-state index contributed by atoms with van der Waals surface area (Å²) in [7, 11) is 0. The first-order valence-corrected chi connectivity index (χ1v) is 6.74. The van der Waals surface area contributed by atoms with Crippen LogP contribution in [0.3, 0.4) is 0 Å². The number of nitrogens with zero attached hydrogens (tertiary/aromatic N) is 1. The monoisotopic (exact) mass is 253 g/mol. The van der Waals surface area contributed by atoms with Crippen molar-refractivity contribution in [3.63, 3.8) is 0 Å². The summed E-state index contributed by atoms with van der Waals surface area (Å²) in [4.78, 5) is 2.21. The smallest absolute Gasteiger partial charge is 0.126 e. The number of anilines is 1. The topological polar surface area (TPSA) is 23.5 Å². The summed E-state index contributed by atoms with van der Waals surface area (Å²) >= 11 is 0. The number of aryl methyl sites for hydroxylation is 1. The van der Waals surface area contributed by atoms with Crippen molar-refractivity contribution in [1.82, 2.24) is 0 Å². The van der Waals surface area contributed by atoms with Crippen molar-refractivity contribution in [1.29, 1.82) is 0 Å². The van der Waals surface area contributed by atoms with E-state index in [-0.39, 0.29) is 5.82 Å². The third-order valence-corrected chi connectivity index (χ3v) is 3.26. The predicted molar refractivity (Wildman–Crippen MR) is 74.6 cm³/mol. The molecular weight excluding hydrogens is 229 g/mol. The summed E-state index contributed by atoms with van der Waals surface area (Å²) in [6.45, 7) is 9.49. The molecule has 3 heteroatoms. The van der Waals surface area contributed by atoms with Crippen molar-refractivity contribution < 1.29 is 9.50 Å². The quantitative estimate of drug-likeness (QED) is 0.833. The molecule has 0 aliphatic heterocycles. The Labute approximate surface area is 109 Å². The van der Waals surface area contributed by atoms with Crippen molar-refractivity contribution in [3.8, 4) is 0 Å². The van der Waals surface area contributed by atoms with Crippen LogP contribution in [0.1, 0.15) is 50.8 Å². The van der Waals surface area contributed by atoms with Gasteiger partial charge in [-0.15, -0.1) is 0 Å². The molecule has 0 amide bonds. The fourth-order valence-electron chi connectivity index (χ4n) is 2.09. The molecule has 2 nitrogen and oxygen atoms in total. The third kappa shape index (κ3) is 3.45. The minimum atomic E-state index is -0.647. The Morgan fingerprint density at radius 2 is 2.00 bits per heavy atom. The van der Waals surface area contributed by atoms with Gasteiger partial charge in [0.15, 0.2) is 0 Å². The number of hydrogen-bond donors (Lipinski definition) is 1. The molecule has 0 aliphatic carbocycles. The number of unbranched alkanes of at least 4 members (excludes halogenated alkanes) is 1. The van der Waals surface area contributed by atoms with Crippen LogP contribution in [0.4, 0.5) is 10.1 Å². The highest BCUT2D eigenvalue weighted by Crippen LogP contribution is 2.29. The normalized spacial score (nSPS) is 12.6. The van der Waals surface area contributed by atoms with Gasteiger partial charge in [0, 0.05) is 24.3 Å². The van der Waals surface area contributed by atoms with Crippen molar-refractivity contribution in [2.45, 2.75) is 46.6 Å². The van der Waals surface area contributed by atoms with Crippen LogP contribution in [0, 0.1) is 12.7 Å². The standard InChI is InChI=1S/C15H24FNO/c1-5-7-8-17(6-2)15-9-11(3)14(16)10-13(15)12(4)18/h9-10,12,18H,5-8H2,1-4H3/t12-/m0/s1. The number of benzene rings is 1. The fraction of sp³-hybridized carbons (Fsp3) is 0.600. The van der Waals surface area contributed by atoms with E-state index in [1.807, 2.05) is 6.07 Å². The minimum Gasteiger partial charge on any atom is -0.389 e. The average Bonchev–Trinajstić information content (AvgIpc) is 2.33. The molecule has 1 aromatic carbocycles. The molecule has 0 fully saturated rings. The van der Waals surface area contributed by atoms with E-state index in [4.69, 9.17) is 0 Å². The van der Waals surface area contributed by atoms with Gasteiger partial charge < -0.3 is 10.0 Å². The lowest BCUT2D eigenvalue weighted by molar-refractivity contribution is 0.199. The highest BCUT2D eigenvalue weighted by Gasteiger charge is 2.15. The Morgan fingerprint density at radius 3 is 2.50 bits per heavy atom. The molecule has 102 valence electrons. The molecule has 1 atom stereocenters. The molecule has 1 rings (SSSR count). The Hall–Kier alpha value is -1.09. The van der Waals surface area contributed by atoms with E-state index in [1.165, 1.54) is 6.07 Å². The Morgan fingerprint density at radius 1 is 1.33 bits per heavy atom. The lowest BCUT2D eigenvalue weighted by Gasteiger charge is -2.27. The maximum Gasteiger partial charge on any atom is 0.126 e. The van der Waals surface area contributed by atoms with E-state index in [9.17, 15) is 9.50 Å². The first kappa shape index (κ1) is 15.0. The van der Waals surface area contributed by atoms with E-state index in [1.54, 1.807) is 13.8 Å². The molecule has 0 unspecified atom stereocenters. The molecular formula is C15H24FNO. The van der Waals surface area contributed by atoms with Gasteiger partial charge in [-0.1, -0.05) is 13.3 Å². The summed E-state index contributed by atoms with van der Waals surface area (Å²) in [6, 6.07) is 3.31. The number of hydrogen-bond acceptors (Lipinski definition) is 2. The number of rotatable bonds is 6. The van der Waals surface area contributed by atoms with Gasteiger partial charge in [-0.2, -0.15) is 0 Å². The molecule has 0 aromatic heterocycles. The molecule has 0 heterocycles. The van der Waals surface area contributed by atoms with Crippen LogP contribution in [0.15, 0.2) is 12.1 Å². The van der Waals surface area contributed by atoms with Gasteiger partial charge in [-0.3, -0.25) is 0 Å². The second-order valence-electron chi connectivity index (χ2n) is 4.77. The van der Waals surface area contributed by atoms with Crippen LogP contribution < -0.4 is 4.90 Å². The van der Waals surface area contributed by atoms with Crippen LogP contribution in [0.5, 0.6) is 0 Å². The summed E-state index contributed by atoms with van der Waals surface area (Å²) in [5, 5.41) is 9.80. The van der Waals surface area contributed by atoms with Gasteiger partial charge in [0.1, 0.15) is 5.82 Å². The van der Waals surface area contributed by atoms with E-state index in [0.29, 0.717) is 11.1 Å². The Kier molecular flexibility index (Phi) is 5.60. The number of aliphatic hydroxyl groups is 1. The van der Waals surface area contributed by atoms with Gasteiger partial charge in [-0.25, -0.2) is 4.39 Å². The first-order valence-electron chi connectivity index (χ1n) is 6.74. The van der Waals surface area contributed by atoms with Crippen LogP contribution in [0.2, 0.25) is 0 Å². The van der Waals surface area contributed by atoms with Crippen LogP contribution in [0.25, 0.3) is 0 Å². The molecule has 1 aromatic rings. The molecule has 0 saturated carbocycles. The zero-order chi connectivity index (χ0) is 13.7. The summed E-state index contributed by atoms with van der Waals surface area (Å²) in [5.41, 5.74) is 2.26. The molecule has 0 bridgehead atoms. The molecule has 1 N–H and O–H groups in total. The van der Waals surface area contributed by atoms with E-state index < -0.39 is 6.10 Å². The van der Waals surface area contributed by atoms with Gasteiger partial charge in [-0.05, 0) is 44.9 Å². The maximum atomic E-state index is 13.6. The SMILES string of the molecule is CCCCN(CC)c1cc(C)c(F)cc1[C@H](C)O. The summed E-state index contributed by atoms with van der Waals surface area (Å²) in [5.74, 6) is -0.249. The highest BCUT2D eigenvalue weighted by atomic mass is 19.1. The van der Waals surface area contributed by atoms with Crippen LogP contribution in [-0.2, 0) is 0 Å². The second kappa shape index (κ2) is 6.74. The predicted octanol–water partition coefficient (Wildman–Crippen LogP) is 3.81. The summed E-state index contributed by atoms with van der Waals surface area (Å²) in [6.07, 6.45) is 1.58. The maximum absolute atomic E-state index is 13.6. The fourth-order valence-corrected chi connectivity index (χ4v) is 2.09. The lowest BCUT2D eigenvalue weighted by atomic mass is 10.0. The zero-order valence-corrected chi connectivity index (χ0v) is 11.8. The van der Waals surface area contributed by atoms with Gasteiger partial charge in [0.2, 0.25) is 0 Å².